The monoisotopic (exact) mass is 175 g/mol. The molecule has 2 N–H and O–H groups in total. The molecule has 0 amide bonds. The van der Waals surface area contributed by atoms with Crippen molar-refractivity contribution in [2.24, 2.45) is 0 Å². The molecule has 5 nitrogen and oxygen atoms in total. The first-order valence-corrected chi connectivity index (χ1v) is 3.93. The van der Waals surface area contributed by atoms with Gasteiger partial charge in [-0.25, -0.2) is 15.0 Å². The van der Waals surface area contributed by atoms with Gasteiger partial charge in [-0.3, -0.25) is 0 Å². The van der Waals surface area contributed by atoms with Crippen molar-refractivity contribution in [1.29, 1.82) is 0 Å². The first-order chi connectivity index (χ1) is 6.45. The highest BCUT2D eigenvalue weighted by Crippen LogP contribution is 1.97. The quantitative estimate of drug-likeness (QED) is 0.724. The Morgan fingerprint density at radius 2 is 2.15 bits per heavy atom. The van der Waals surface area contributed by atoms with Gasteiger partial charge in [0.05, 0.1) is 18.6 Å². The second kappa shape index (κ2) is 3.66. The van der Waals surface area contributed by atoms with E-state index in [0.29, 0.717) is 12.5 Å². The van der Waals surface area contributed by atoms with E-state index in [9.17, 15) is 0 Å². The summed E-state index contributed by atoms with van der Waals surface area (Å²) in [6.07, 6.45) is 6.80. The zero-order valence-electron chi connectivity index (χ0n) is 6.94. The molecule has 5 heteroatoms. The zero-order valence-corrected chi connectivity index (χ0v) is 6.94. The van der Waals surface area contributed by atoms with E-state index in [1.165, 1.54) is 0 Å². The molecule has 2 aromatic heterocycles. The Hall–Kier alpha value is -1.91. The number of H-pyrrole nitrogens is 1. The van der Waals surface area contributed by atoms with Gasteiger partial charge in [-0.2, -0.15) is 0 Å². The van der Waals surface area contributed by atoms with Crippen LogP contribution in [0.5, 0.6) is 0 Å². The summed E-state index contributed by atoms with van der Waals surface area (Å²) in [5, 5.41) is 3.05. The molecule has 0 spiro atoms. The minimum Gasteiger partial charge on any atom is -0.349 e. The molecule has 66 valence electrons. The van der Waals surface area contributed by atoms with Crippen molar-refractivity contribution in [2.45, 2.75) is 6.54 Å². The van der Waals surface area contributed by atoms with Gasteiger partial charge in [-0.1, -0.05) is 0 Å². The maximum Gasteiger partial charge on any atom is 0.222 e. The van der Waals surface area contributed by atoms with Crippen LogP contribution in [0.4, 0.5) is 5.95 Å². The summed E-state index contributed by atoms with van der Waals surface area (Å²) in [4.78, 5) is 14.9. The van der Waals surface area contributed by atoms with E-state index in [-0.39, 0.29) is 0 Å². The van der Waals surface area contributed by atoms with E-state index in [0.717, 1.165) is 5.69 Å². The molecule has 0 radical (unpaired) electrons. The molecule has 0 fully saturated rings. The highest BCUT2D eigenvalue weighted by atomic mass is 15.1. The van der Waals surface area contributed by atoms with Gasteiger partial charge in [0.25, 0.3) is 0 Å². The van der Waals surface area contributed by atoms with Crippen molar-refractivity contribution >= 4 is 5.95 Å². The van der Waals surface area contributed by atoms with E-state index in [1.807, 2.05) is 0 Å². The number of nitrogens with one attached hydrogen (secondary N) is 2. The Kier molecular flexibility index (Phi) is 2.18. The van der Waals surface area contributed by atoms with Gasteiger partial charge in [-0.15, -0.1) is 0 Å². The van der Waals surface area contributed by atoms with Gasteiger partial charge in [-0.05, 0) is 6.07 Å². The molecule has 0 saturated carbocycles. The zero-order chi connectivity index (χ0) is 8.93. The molecule has 2 rings (SSSR count). The van der Waals surface area contributed by atoms with Crippen LogP contribution in [0, 0.1) is 0 Å². The number of aromatic amines is 1. The molecular formula is C8H9N5. The highest BCUT2D eigenvalue weighted by molar-refractivity contribution is 5.23. The third-order valence-electron chi connectivity index (χ3n) is 1.56. The first kappa shape index (κ1) is 7.72. The van der Waals surface area contributed by atoms with E-state index in [4.69, 9.17) is 0 Å². The maximum absolute atomic E-state index is 4.02. The fourth-order valence-corrected chi connectivity index (χ4v) is 0.946. The van der Waals surface area contributed by atoms with Gasteiger partial charge in [0, 0.05) is 18.6 Å². The maximum atomic E-state index is 4.02. The van der Waals surface area contributed by atoms with Gasteiger partial charge in [0.1, 0.15) is 0 Å². The highest BCUT2D eigenvalue weighted by Gasteiger charge is 1.94. The van der Waals surface area contributed by atoms with Crippen molar-refractivity contribution in [3.05, 3.63) is 36.7 Å². The summed E-state index contributed by atoms with van der Waals surface area (Å²) in [5.74, 6) is 0.622. The largest absolute Gasteiger partial charge is 0.349 e. The van der Waals surface area contributed by atoms with E-state index < -0.39 is 0 Å². The van der Waals surface area contributed by atoms with Gasteiger partial charge in [0.2, 0.25) is 5.95 Å². The predicted molar refractivity (Wildman–Crippen MR) is 47.9 cm³/mol. The average molecular weight is 175 g/mol. The number of imidazole rings is 1. The molecule has 13 heavy (non-hydrogen) atoms. The van der Waals surface area contributed by atoms with Crippen molar-refractivity contribution in [2.75, 3.05) is 5.32 Å². The standard InChI is InChI=1S/C8H9N5/c1-2-10-8(11-3-1)12-5-7-4-9-6-13-7/h1-4,6H,5H2,(H,9,13)(H,10,11,12). The van der Waals surface area contributed by atoms with E-state index in [1.54, 1.807) is 31.0 Å². The molecule has 0 atom stereocenters. The Bertz CT molecular complexity index is 342. The van der Waals surface area contributed by atoms with Crippen LogP contribution in [0.1, 0.15) is 5.69 Å². The smallest absolute Gasteiger partial charge is 0.222 e. The number of hydrogen-bond acceptors (Lipinski definition) is 4. The number of nitrogens with zero attached hydrogens (tertiary/aromatic N) is 3. The SMILES string of the molecule is c1cnc(NCc2cnc[nH]2)nc1. The van der Waals surface area contributed by atoms with Crippen LogP contribution in [0.2, 0.25) is 0 Å². The molecule has 2 aromatic rings. The molecule has 0 aliphatic heterocycles. The van der Waals surface area contributed by atoms with Crippen LogP contribution < -0.4 is 5.32 Å². The molecule has 0 aliphatic rings. The lowest BCUT2D eigenvalue weighted by molar-refractivity contribution is 1.02. The summed E-state index contributed by atoms with van der Waals surface area (Å²) in [6.45, 7) is 0.657. The number of rotatable bonds is 3. The van der Waals surface area contributed by atoms with Gasteiger partial charge in [0.15, 0.2) is 0 Å². The Balaban J connectivity index is 1.94. The molecule has 0 aromatic carbocycles. The fraction of sp³-hybridized carbons (Fsp3) is 0.125. The summed E-state index contributed by atoms with van der Waals surface area (Å²) in [5.41, 5.74) is 1.01. The Morgan fingerprint density at radius 1 is 1.31 bits per heavy atom. The van der Waals surface area contributed by atoms with Gasteiger partial charge < -0.3 is 10.3 Å². The van der Waals surface area contributed by atoms with Crippen molar-refractivity contribution in [3.63, 3.8) is 0 Å². The van der Waals surface area contributed by atoms with Crippen LogP contribution in [-0.4, -0.2) is 19.9 Å². The average Bonchev–Trinajstić information content (AvgIpc) is 2.69. The van der Waals surface area contributed by atoms with Crippen LogP contribution >= 0.6 is 0 Å². The fourth-order valence-electron chi connectivity index (χ4n) is 0.946. The summed E-state index contributed by atoms with van der Waals surface area (Å²) in [6, 6.07) is 1.78. The summed E-state index contributed by atoms with van der Waals surface area (Å²) >= 11 is 0. The number of anilines is 1. The second-order valence-electron chi connectivity index (χ2n) is 2.50. The molecular weight excluding hydrogens is 166 g/mol. The molecule has 0 bridgehead atoms. The first-order valence-electron chi connectivity index (χ1n) is 3.93. The minimum absolute atomic E-state index is 0.622. The second-order valence-corrected chi connectivity index (χ2v) is 2.50. The molecule has 2 heterocycles. The predicted octanol–water partition coefficient (Wildman–Crippen LogP) is 0.812. The van der Waals surface area contributed by atoms with Gasteiger partial charge >= 0.3 is 0 Å². The van der Waals surface area contributed by atoms with Crippen molar-refractivity contribution in [1.82, 2.24) is 19.9 Å². The van der Waals surface area contributed by atoms with E-state index in [2.05, 4.69) is 25.3 Å². The topological polar surface area (TPSA) is 66.5 Å². The lowest BCUT2D eigenvalue weighted by Gasteiger charge is -2.00. The summed E-state index contributed by atoms with van der Waals surface area (Å²) < 4.78 is 0. The van der Waals surface area contributed by atoms with Crippen molar-refractivity contribution < 1.29 is 0 Å². The van der Waals surface area contributed by atoms with Crippen LogP contribution in [0.3, 0.4) is 0 Å². The lowest BCUT2D eigenvalue weighted by atomic mass is 10.5. The number of aromatic nitrogens is 4. The normalized spacial score (nSPS) is 9.85. The van der Waals surface area contributed by atoms with Crippen LogP contribution in [0.15, 0.2) is 31.0 Å². The minimum atomic E-state index is 0.622. The van der Waals surface area contributed by atoms with E-state index >= 15 is 0 Å². The van der Waals surface area contributed by atoms with Crippen LogP contribution in [0.25, 0.3) is 0 Å². The Morgan fingerprint density at radius 3 is 2.85 bits per heavy atom. The third-order valence-corrected chi connectivity index (χ3v) is 1.56. The Labute approximate surface area is 75.3 Å². The summed E-state index contributed by atoms with van der Waals surface area (Å²) in [7, 11) is 0. The molecule has 0 saturated heterocycles. The van der Waals surface area contributed by atoms with Crippen molar-refractivity contribution in [3.8, 4) is 0 Å². The third kappa shape index (κ3) is 2.02. The van der Waals surface area contributed by atoms with Crippen LogP contribution in [-0.2, 0) is 6.54 Å². The molecule has 0 unspecified atom stereocenters. The lowest BCUT2D eigenvalue weighted by Crippen LogP contribution is -2.02. The molecule has 0 aliphatic carbocycles. The number of hydrogen-bond donors (Lipinski definition) is 2.